The van der Waals surface area contributed by atoms with Crippen LogP contribution in [0.2, 0.25) is 0 Å². The molecule has 2 rings (SSSR count). The van der Waals surface area contributed by atoms with Crippen LogP contribution in [0.15, 0.2) is 22.7 Å². The molecule has 1 fully saturated rings. The van der Waals surface area contributed by atoms with Gasteiger partial charge in [-0.25, -0.2) is 4.79 Å². The second kappa shape index (κ2) is 6.61. The number of carbonyl (C=O) groups is 1. The molecule has 3 nitrogen and oxygen atoms in total. The van der Waals surface area contributed by atoms with Crippen LogP contribution in [0.4, 0.5) is 10.5 Å². The van der Waals surface area contributed by atoms with Gasteiger partial charge in [-0.1, -0.05) is 32.3 Å². The van der Waals surface area contributed by atoms with Gasteiger partial charge in [0.1, 0.15) is 0 Å². The molecule has 110 valence electrons. The Bertz CT molecular complexity index is 481. The van der Waals surface area contributed by atoms with Crippen molar-refractivity contribution in [2.45, 2.75) is 51.4 Å². The molecular weight excluding hydrogens is 318 g/mol. The third kappa shape index (κ3) is 3.54. The van der Waals surface area contributed by atoms with Crippen LogP contribution in [-0.2, 0) is 10.2 Å². The summed E-state index contributed by atoms with van der Waals surface area (Å²) in [6.45, 7) is 4.51. The van der Waals surface area contributed by atoms with Gasteiger partial charge in [0.05, 0.1) is 12.3 Å². The van der Waals surface area contributed by atoms with E-state index in [1.807, 2.05) is 6.07 Å². The third-order valence-corrected chi connectivity index (χ3v) is 4.79. The van der Waals surface area contributed by atoms with E-state index in [0.29, 0.717) is 6.61 Å². The molecule has 0 unspecified atom stereocenters. The summed E-state index contributed by atoms with van der Waals surface area (Å²) in [4.78, 5) is 11.5. The van der Waals surface area contributed by atoms with Gasteiger partial charge in [-0.05, 0) is 58.8 Å². The lowest BCUT2D eigenvalue weighted by molar-refractivity contribution is 0.168. The summed E-state index contributed by atoms with van der Waals surface area (Å²) in [5.74, 6) is 0. The predicted molar refractivity (Wildman–Crippen MR) is 85.2 cm³/mol. The van der Waals surface area contributed by atoms with Gasteiger partial charge in [0, 0.05) is 4.47 Å². The van der Waals surface area contributed by atoms with Gasteiger partial charge in [0.2, 0.25) is 0 Å². The number of ether oxygens (including phenoxy) is 1. The summed E-state index contributed by atoms with van der Waals surface area (Å²) >= 11 is 3.55. The fraction of sp³-hybridized carbons (Fsp3) is 0.562. The van der Waals surface area contributed by atoms with Crippen LogP contribution >= 0.6 is 15.9 Å². The Morgan fingerprint density at radius 1 is 1.35 bits per heavy atom. The van der Waals surface area contributed by atoms with Crippen LogP contribution in [0.25, 0.3) is 0 Å². The Morgan fingerprint density at radius 2 is 2.05 bits per heavy atom. The van der Waals surface area contributed by atoms with E-state index in [4.69, 9.17) is 4.74 Å². The smallest absolute Gasteiger partial charge is 0.411 e. The molecule has 4 heteroatoms. The highest BCUT2D eigenvalue weighted by molar-refractivity contribution is 9.10. The van der Waals surface area contributed by atoms with Crippen molar-refractivity contribution in [3.63, 3.8) is 0 Å². The zero-order chi connectivity index (χ0) is 14.6. The number of hydrogen-bond donors (Lipinski definition) is 1. The Kier molecular flexibility index (Phi) is 5.08. The largest absolute Gasteiger partial charge is 0.450 e. The Hall–Kier alpha value is -1.03. The summed E-state index contributed by atoms with van der Waals surface area (Å²) in [6.07, 6.45) is 6.02. The highest BCUT2D eigenvalue weighted by atomic mass is 79.9. The second-order valence-corrected chi connectivity index (χ2v) is 6.52. The van der Waals surface area contributed by atoms with Crippen molar-refractivity contribution in [3.05, 3.63) is 28.2 Å². The highest BCUT2D eigenvalue weighted by Gasteiger charge is 2.29. The third-order valence-electron chi connectivity index (χ3n) is 4.14. The van der Waals surface area contributed by atoms with Crippen molar-refractivity contribution in [3.8, 4) is 0 Å². The van der Waals surface area contributed by atoms with Crippen LogP contribution in [0, 0.1) is 0 Å². The first-order chi connectivity index (χ1) is 9.55. The topological polar surface area (TPSA) is 38.3 Å². The van der Waals surface area contributed by atoms with Crippen molar-refractivity contribution in [2.75, 3.05) is 11.9 Å². The van der Waals surface area contributed by atoms with Crippen molar-refractivity contribution in [1.29, 1.82) is 0 Å². The zero-order valence-corrected chi connectivity index (χ0v) is 13.8. The van der Waals surface area contributed by atoms with Crippen molar-refractivity contribution in [2.24, 2.45) is 0 Å². The van der Waals surface area contributed by atoms with Gasteiger partial charge in [-0.2, -0.15) is 0 Å². The van der Waals surface area contributed by atoms with E-state index in [2.05, 4.69) is 40.3 Å². The number of benzene rings is 1. The Labute approximate surface area is 129 Å². The molecular formula is C16H22BrNO2. The summed E-state index contributed by atoms with van der Waals surface area (Å²) in [5.41, 5.74) is 2.37. The van der Waals surface area contributed by atoms with Crippen molar-refractivity contribution < 1.29 is 9.53 Å². The van der Waals surface area contributed by atoms with E-state index in [9.17, 15) is 4.79 Å². The molecule has 1 aliphatic carbocycles. The van der Waals surface area contributed by atoms with Crippen LogP contribution < -0.4 is 5.32 Å². The van der Waals surface area contributed by atoms with Gasteiger partial charge in [-0.3, -0.25) is 5.32 Å². The number of anilines is 1. The average Bonchev–Trinajstić information content (AvgIpc) is 2.42. The molecule has 0 aliphatic heterocycles. The van der Waals surface area contributed by atoms with Gasteiger partial charge < -0.3 is 4.74 Å². The van der Waals surface area contributed by atoms with Gasteiger partial charge in [-0.15, -0.1) is 0 Å². The van der Waals surface area contributed by atoms with E-state index < -0.39 is 6.09 Å². The fourth-order valence-electron chi connectivity index (χ4n) is 2.89. The maximum Gasteiger partial charge on any atom is 0.411 e. The van der Waals surface area contributed by atoms with Gasteiger partial charge >= 0.3 is 6.09 Å². The average molecular weight is 340 g/mol. The Morgan fingerprint density at radius 3 is 2.65 bits per heavy atom. The quantitative estimate of drug-likeness (QED) is 0.817. The molecule has 0 saturated heterocycles. The van der Waals surface area contributed by atoms with Crippen LogP contribution in [0.5, 0.6) is 0 Å². The minimum Gasteiger partial charge on any atom is -0.450 e. The van der Waals surface area contributed by atoms with Crippen molar-refractivity contribution >= 4 is 27.7 Å². The second-order valence-electron chi connectivity index (χ2n) is 5.66. The number of nitrogens with one attached hydrogen (secondary N) is 1. The van der Waals surface area contributed by atoms with Crippen LogP contribution in [0.3, 0.4) is 0 Å². The molecule has 1 N–H and O–H groups in total. The molecule has 0 bridgehead atoms. The summed E-state index contributed by atoms with van der Waals surface area (Å²) in [6, 6.07) is 6.21. The summed E-state index contributed by atoms with van der Waals surface area (Å²) < 4.78 is 5.81. The fourth-order valence-corrected chi connectivity index (χ4v) is 3.37. The van der Waals surface area contributed by atoms with Crippen molar-refractivity contribution in [1.82, 2.24) is 0 Å². The monoisotopic (exact) mass is 339 g/mol. The molecule has 0 aromatic heterocycles. The first kappa shape index (κ1) is 15.4. The molecule has 1 saturated carbocycles. The maximum absolute atomic E-state index is 11.5. The Balaban J connectivity index is 2.14. The normalized spacial score (nSPS) is 17.6. The van der Waals surface area contributed by atoms with E-state index in [1.54, 1.807) is 6.92 Å². The number of amides is 1. The van der Waals surface area contributed by atoms with Gasteiger partial charge in [0.25, 0.3) is 0 Å². The molecule has 0 spiro atoms. The summed E-state index contributed by atoms with van der Waals surface area (Å²) in [7, 11) is 0. The van der Waals surface area contributed by atoms with E-state index in [0.717, 1.165) is 10.2 Å². The van der Waals surface area contributed by atoms with Crippen LogP contribution in [0.1, 0.15) is 51.5 Å². The molecule has 1 aromatic carbocycles. The molecule has 0 atom stereocenters. The summed E-state index contributed by atoms with van der Waals surface area (Å²) in [5, 5.41) is 2.75. The minimum absolute atomic E-state index is 0.267. The molecule has 1 aromatic rings. The first-order valence-electron chi connectivity index (χ1n) is 7.29. The van der Waals surface area contributed by atoms with E-state index >= 15 is 0 Å². The molecule has 20 heavy (non-hydrogen) atoms. The molecule has 1 aliphatic rings. The number of carbonyl (C=O) groups excluding carboxylic acids is 1. The SMILES string of the molecule is CCOC(=O)Nc1ccc(C2(C)CCCCC2)cc1Br. The lowest BCUT2D eigenvalue weighted by Crippen LogP contribution is -2.25. The van der Waals surface area contributed by atoms with E-state index in [-0.39, 0.29) is 5.41 Å². The lowest BCUT2D eigenvalue weighted by atomic mass is 9.71. The lowest BCUT2D eigenvalue weighted by Gasteiger charge is -2.34. The van der Waals surface area contributed by atoms with Crippen LogP contribution in [-0.4, -0.2) is 12.7 Å². The zero-order valence-electron chi connectivity index (χ0n) is 12.2. The minimum atomic E-state index is -0.412. The maximum atomic E-state index is 11.5. The first-order valence-corrected chi connectivity index (χ1v) is 8.08. The number of halogens is 1. The molecule has 0 heterocycles. The number of rotatable bonds is 3. The van der Waals surface area contributed by atoms with Gasteiger partial charge in [0.15, 0.2) is 0 Å². The molecule has 1 amide bonds. The molecule has 0 radical (unpaired) electrons. The standard InChI is InChI=1S/C16H22BrNO2/c1-3-20-15(19)18-14-8-7-12(11-13(14)17)16(2)9-5-4-6-10-16/h7-8,11H,3-6,9-10H2,1-2H3,(H,18,19). The predicted octanol–water partition coefficient (Wildman–Crippen LogP) is 5.24. The number of hydrogen-bond acceptors (Lipinski definition) is 2. The van der Waals surface area contributed by atoms with E-state index in [1.165, 1.54) is 37.7 Å². The highest BCUT2D eigenvalue weighted by Crippen LogP contribution is 2.40.